The number of halogens is 3. The van der Waals surface area contributed by atoms with Crippen LogP contribution in [-0.2, 0) is 17.9 Å². The molecule has 0 aliphatic rings. The Labute approximate surface area is 170 Å². The van der Waals surface area contributed by atoms with Gasteiger partial charge in [-0.25, -0.2) is 9.48 Å². The number of nitrogens with zero attached hydrogens (tertiary/aromatic N) is 3. The van der Waals surface area contributed by atoms with Gasteiger partial charge in [-0.1, -0.05) is 58.2 Å². The first-order valence-corrected chi connectivity index (χ1v) is 9.00. The number of ether oxygens (including phenoxy) is 1. The zero-order valence-corrected chi connectivity index (χ0v) is 16.1. The molecule has 1 unspecified atom stereocenters. The largest absolute Gasteiger partial charge is 0.476 e. The minimum Gasteiger partial charge on any atom is -0.476 e. The molecule has 3 aromatic rings. The van der Waals surface area contributed by atoms with Crippen molar-refractivity contribution in [3.8, 4) is 0 Å². The summed E-state index contributed by atoms with van der Waals surface area (Å²) < 4.78 is 7.45. The van der Waals surface area contributed by atoms with Gasteiger partial charge in [0.05, 0.1) is 19.3 Å². The van der Waals surface area contributed by atoms with Crippen LogP contribution >= 0.6 is 34.8 Å². The number of rotatable bonds is 7. The minimum absolute atomic E-state index is 0.145. The number of carboxylic acids is 1. The summed E-state index contributed by atoms with van der Waals surface area (Å²) in [6.45, 7) is 0.538. The number of benzene rings is 2. The first-order chi connectivity index (χ1) is 12.9. The van der Waals surface area contributed by atoms with E-state index in [1.54, 1.807) is 30.3 Å². The maximum Gasteiger partial charge on any atom is 0.358 e. The number of carbonyl (C=O) groups is 1. The van der Waals surface area contributed by atoms with E-state index >= 15 is 0 Å². The second kappa shape index (κ2) is 8.71. The van der Waals surface area contributed by atoms with Gasteiger partial charge in [-0.05, 0) is 29.8 Å². The Morgan fingerprint density at radius 3 is 2.44 bits per heavy atom. The fourth-order valence-corrected chi connectivity index (χ4v) is 3.09. The molecule has 0 saturated heterocycles. The zero-order chi connectivity index (χ0) is 19.4. The SMILES string of the molecule is O=C(O)c1cn(CC(OCc2ccc(Cl)cc2)c2ccc(Cl)cc2Cl)nn1. The molecular formula is C18H14Cl3N3O3. The van der Waals surface area contributed by atoms with Crippen LogP contribution in [0.25, 0.3) is 0 Å². The van der Waals surface area contributed by atoms with Gasteiger partial charge in [0.1, 0.15) is 6.10 Å². The van der Waals surface area contributed by atoms with Crippen LogP contribution < -0.4 is 0 Å². The molecule has 0 aliphatic carbocycles. The zero-order valence-electron chi connectivity index (χ0n) is 13.8. The van der Waals surface area contributed by atoms with Gasteiger partial charge in [0.15, 0.2) is 5.69 Å². The van der Waals surface area contributed by atoms with Crippen molar-refractivity contribution < 1.29 is 14.6 Å². The van der Waals surface area contributed by atoms with Gasteiger partial charge in [-0.2, -0.15) is 0 Å². The molecule has 9 heteroatoms. The lowest BCUT2D eigenvalue weighted by Crippen LogP contribution is -2.14. The predicted octanol–water partition coefficient (Wildman–Crippen LogP) is 4.89. The molecule has 0 spiro atoms. The molecule has 1 aromatic heterocycles. The van der Waals surface area contributed by atoms with E-state index < -0.39 is 12.1 Å². The molecule has 1 heterocycles. The summed E-state index contributed by atoms with van der Waals surface area (Å²) in [5.74, 6) is -1.15. The molecule has 0 amide bonds. The minimum atomic E-state index is -1.15. The van der Waals surface area contributed by atoms with Crippen LogP contribution in [0.5, 0.6) is 0 Å². The fourth-order valence-electron chi connectivity index (χ4n) is 2.44. The van der Waals surface area contributed by atoms with Crippen molar-refractivity contribution in [1.82, 2.24) is 15.0 Å². The average molecular weight is 427 g/mol. The van der Waals surface area contributed by atoms with E-state index in [4.69, 9.17) is 44.6 Å². The number of carboxylic acid groups (broad SMARTS) is 1. The number of aromatic nitrogens is 3. The fraction of sp³-hybridized carbons (Fsp3) is 0.167. The van der Waals surface area contributed by atoms with Crippen LogP contribution in [0.3, 0.4) is 0 Å². The molecule has 0 fully saturated rings. The molecule has 2 aromatic carbocycles. The van der Waals surface area contributed by atoms with Crippen LogP contribution in [0, 0.1) is 0 Å². The lowest BCUT2D eigenvalue weighted by molar-refractivity contribution is 0.0254. The summed E-state index contributed by atoms with van der Waals surface area (Å²) in [6, 6.07) is 12.4. The molecule has 0 radical (unpaired) electrons. The number of hydrogen-bond donors (Lipinski definition) is 1. The maximum atomic E-state index is 11.0. The third-order valence-electron chi connectivity index (χ3n) is 3.78. The van der Waals surface area contributed by atoms with E-state index in [0.29, 0.717) is 27.2 Å². The van der Waals surface area contributed by atoms with Crippen molar-refractivity contribution >= 4 is 40.8 Å². The van der Waals surface area contributed by atoms with Crippen molar-refractivity contribution in [2.24, 2.45) is 0 Å². The predicted molar refractivity (Wildman–Crippen MR) is 102 cm³/mol. The summed E-state index contributed by atoms with van der Waals surface area (Å²) in [7, 11) is 0. The van der Waals surface area contributed by atoms with Gasteiger partial charge in [-0.3, -0.25) is 0 Å². The molecule has 1 atom stereocenters. The van der Waals surface area contributed by atoms with E-state index in [1.807, 2.05) is 12.1 Å². The highest BCUT2D eigenvalue weighted by atomic mass is 35.5. The highest BCUT2D eigenvalue weighted by Gasteiger charge is 2.19. The van der Waals surface area contributed by atoms with Crippen LogP contribution in [0.1, 0.15) is 27.7 Å². The Hall–Kier alpha value is -2.12. The molecule has 6 nitrogen and oxygen atoms in total. The normalized spacial score (nSPS) is 12.1. The summed E-state index contributed by atoms with van der Waals surface area (Å²) in [4.78, 5) is 11.0. The molecule has 0 aliphatic heterocycles. The topological polar surface area (TPSA) is 77.2 Å². The highest BCUT2D eigenvalue weighted by Crippen LogP contribution is 2.30. The third-order valence-corrected chi connectivity index (χ3v) is 4.60. The standard InChI is InChI=1S/C18H14Cl3N3O3/c19-12-3-1-11(2-4-12)10-27-17(14-6-5-13(20)7-15(14)21)9-24-8-16(18(25)26)22-23-24/h1-8,17H,9-10H2,(H,25,26). The smallest absolute Gasteiger partial charge is 0.358 e. The molecule has 1 N–H and O–H groups in total. The molecule has 0 bridgehead atoms. The van der Waals surface area contributed by atoms with Crippen LogP contribution in [0.2, 0.25) is 15.1 Å². The van der Waals surface area contributed by atoms with Gasteiger partial charge < -0.3 is 9.84 Å². The first kappa shape index (κ1) is 19.6. The van der Waals surface area contributed by atoms with Gasteiger partial charge in [0.25, 0.3) is 0 Å². The van der Waals surface area contributed by atoms with E-state index in [1.165, 1.54) is 10.9 Å². The highest BCUT2D eigenvalue weighted by molar-refractivity contribution is 6.35. The maximum absolute atomic E-state index is 11.0. The summed E-state index contributed by atoms with van der Waals surface area (Å²) in [5, 5.41) is 18.1. The second-order valence-electron chi connectivity index (χ2n) is 5.72. The monoisotopic (exact) mass is 425 g/mol. The van der Waals surface area contributed by atoms with Crippen molar-refractivity contribution in [2.75, 3.05) is 0 Å². The van der Waals surface area contributed by atoms with Crippen LogP contribution in [-0.4, -0.2) is 26.1 Å². The van der Waals surface area contributed by atoms with Crippen molar-refractivity contribution in [3.05, 3.63) is 80.6 Å². The molecule has 0 saturated carbocycles. The molecule has 27 heavy (non-hydrogen) atoms. The van der Waals surface area contributed by atoms with Crippen LogP contribution in [0.15, 0.2) is 48.7 Å². The van der Waals surface area contributed by atoms with Crippen molar-refractivity contribution in [1.29, 1.82) is 0 Å². The first-order valence-electron chi connectivity index (χ1n) is 7.87. The van der Waals surface area contributed by atoms with Gasteiger partial charge in [0.2, 0.25) is 0 Å². The van der Waals surface area contributed by atoms with Crippen LogP contribution in [0.4, 0.5) is 0 Å². The Kier molecular flexibility index (Phi) is 6.34. The van der Waals surface area contributed by atoms with E-state index in [9.17, 15) is 4.79 Å². The van der Waals surface area contributed by atoms with Gasteiger partial charge in [0, 0.05) is 20.6 Å². The van der Waals surface area contributed by atoms with Gasteiger partial charge >= 0.3 is 5.97 Å². The summed E-state index contributed by atoms with van der Waals surface area (Å²) in [5.41, 5.74) is 1.50. The number of aromatic carboxylic acids is 1. The Morgan fingerprint density at radius 2 is 1.81 bits per heavy atom. The van der Waals surface area contributed by atoms with E-state index in [-0.39, 0.29) is 12.2 Å². The quantitative estimate of drug-likeness (QED) is 0.582. The molecular weight excluding hydrogens is 413 g/mol. The summed E-state index contributed by atoms with van der Waals surface area (Å²) in [6.07, 6.45) is 0.846. The van der Waals surface area contributed by atoms with Crippen molar-refractivity contribution in [2.45, 2.75) is 19.3 Å². The van der Waals surface area contributed by atoms with Crippen molar-refractivity contribution in [3.63, 3.8) is 0 Å². The Balaban J connectivity index is 1.82. The summed E-state index contributed by atoms with van der Waals surface area (Å²) >= 11 is 18.2. The van der Waals surface area contributed by atoms with Gasteiger partial charge in [-0.15, -0.1) is 5.10 Å². The Morgan fingerprint density at radius 1 is 1.11 bits per heavy atom. The molecule has 3 rings (SSSR count). The lowest BCUT2D eigenvalue weighted by atomic mass is 10.1. The third kappa shape index (κ3) is 5.20. The van der Waals surface area contributed by atoms with E-state index in [0.717, 1.165) is 5.56 Å². The lowest BCUT2D eigenvalue weighted by Gasteiger charge is -2.20. The average Bonchev–Trinajstić information content (AvgIpc) is 3.09. The van der Waals surface area contributed by atoms with E-state index in [2.05, 4.69) is 10.3 Å². The second-order valence-corrected chi connectivity index (χ2v) is 7.00. The Bertz CT molecular complexity index is 945. The molecule has 140 valence electrons. The number of hydrogen-bond acceptors (Lipinski definition) is 4.